The Kier molecular flexibility index (Phi) is 5.05. The van der Waals surface area contributed by atoms with E-state index in [9.17, 15) is 4.79 Å². The quantitative estimate of drug-likeness (QED) is 0.744. The minimum absolute atomic E-state index is 0.179. The summed E-state index contributed by atoms with van der Waals surface area (Å²) in [7, 11) is 0. The van der Waals surface area contributed by atoms with Crippen molar-refractivity contribution in [3.05, 3.63) is 0 Å². The van der Waals surface area contributed by atoms with E-state index in [1.807, 2.05) is 4.90 Å². The van der Waals surface area contributed by atoms with Crippen LogP contribution in [0.2, 0.25) is 0 Å². The van der Waals surface area contributed by atoms with E-state index in [-0.39, 0.29) is 6.54 Å². The third-order valence-corrected chi connectivity index (χ3v) is 2.73. The van der Waals surface area contributed by atoms with Crippen molar-refractivity contribution in [1.82, 2.24) is 9.80 Å². The lowest BCUT2D eigenvalue weighted by Gasteiger charge is -2.34. The molecule has 0 bridgehead atoms. The highest BCUT2D eigenvalue weighted by atomic mass is 16.4. The molecular formula is C11H22N2O2. The fourth-order valence-electron chi connectivity index (χ4n) is 1.89. The predicted octanol–water partition coefficient (Wildman–Crippen LogP) is 1.08. The van der Waals surface area contributed by atoms with Crippen LogP contribution in [-0.4, -0.2) is 53.7 Å². The summed E-state index contributed by atoms with van der Waals surface area (Å²) in [6, 6.07) is 0. The van der Waals surface area contributed by atoms with Gasteiger partial charge in [-0.2, -0.15) is 0 Å². The minimum atomic E-state index is -0.722. The summed E-state index contributed by atoms with van der Waals surface area (Å²) in [6.45, 7) is 8.57. The van der Waals surface area contributed by atoms with E-state index in [4.69, 9.17) is 5.11 Å². The van der Waals surface area contributed by atoms with E-state index in [0.29, 0.717) is 0 Å². The molecule has 0 aromatic heterocycles. The first-order valence-electron chi connectivity index (χ1n) is 5.74. The first-order chi connectivity index (χ1) is 7.08. The van der Waals surface area contributed by atoms with E-state index in [1.165, 1.54) is 6.42 Å². The molecule has 1 rings (SSSR count). The molecule has 1 N–H and O–H groups in total. The zero-order valence-electron chi connectivity index (χ0n) is 9.78. The Labute approximate surface area is 91.9 Å². The van der Waals surface area contributed by atoms with Crippen LogP contribution in [0.5, 0.6) is 0 Å². The smallest absolute Gasteiger partial charge is 0.317 e. The van der Waals surface area contributed by atoms with Crippen molar-refractivity contribution in [1.29, 1.82) is 0 Å². The number of nitrogens with zero attached hydrogens (tertiary/aromatic N) is 2. The number of hydrogen-bond acceptors (Lipinski definition) is 3. The van der Waals surface area contributed by atoms with Gasteiger partial charge in [-0.05, 0) is 25.3 Å². The van der Waals surface area contributed by atoms with Gasteiger partial charge in [-0.25, -0.2) is 0 Å². The summed E-state index contributed by atoms with van der Waals surface area (Å²) in [5, 5.41) is 8.71. The van der Waals surface area contributed by atoms with Crippen LogP contribution in [0.25, 0.3) is 0 Å². The molecule has 15 heavy (non-hydrogen) atoms. The normalized spacial score (nSPS) is 19.7. The molecule has 1 aliphatic rings. The Morgan fingerprint density at radius 1 is 1.33 bits per heavy atom. The van der Waals surface area contributed by atoms with Crippen molar-refractivity contribution in [3.8, 4) is 0 Å². The lowest BCUT2D eigenvalue weighted by molar-refractivity contribution is -0.139. The van der Waals surface area contributed by atoms with E-state index in [2.05, 4.69) is 18.7 Å². The van der Waals surface area contributed by atoms with Crippen molar-refractivity contribution in [2.75, 3.05) is 32.8 Å². The number of aliphatic carboxylic acids is 1. The highest BCUT2D eigenvalue weighted by Gasteiger charge is 2.18. The lowest BCUT2D eigenvalue weighted by atomic mass is 10.1. The maximum atomic E-state index is 10.6. The molecule has 0 aliphatic carbocycles. The monoisotopic (exact) mass is 214 g/mol. The second-order valence-electron chi connectivity index (χ2n) is 4.74. The van der Waals surface area contributed by atoms with Gasteiger partial charge in [-0.3, -0.25) is 14.6 Å². The SMILES string of the molecule is CC(C)CCN1CCCN(CC(=O)O)C1. The Morgan fingerprint density at radius 2 is 2.00 bits per heavy atom. The molecule has 1 fully saturated rings. The van der Waals surface area contributed by atoms with E-state index < -0.39 is 5.97 Å². The Hall–Kier alpha value is -0.610. The standard InChI is InChI=1S/C11H22N2O2/c1-10(2)4-7-12-5-3-6-13(9-12)8-11(14)15/h10H,3-9H2,1-2H3,(H,14,15). The molecule has 0 spiro atoms. The van der Waals surface area contributed by atoms with E-state index in [1.54, 1.807) is 0 Å². The predicted molar refractivity (Wildman–Crippen MR) is 59.7 cm³/mol. The van der Waals surface area contributed by atoms with Gasteiger partial charge in [0.15, 0.2) is 0 Å². The summed E-state index contributed by atoms with van der Waals surface area (Å²) in [5.74, 6) is 0.000518. The molecule has 0 aromatic carbocycles. The fourth-order valence-corrected chi connectivity index (χ4v) is 1.89. The second-order valence-corrected chi connectivity index (χ2v) is 4.74. The summed E-state index contributed by atoms with van der Waals surface area (Å²) >= 11 is 0. The number of carboxylic acids is 1. The summed E-state index contributed by atoms with van der Waals surface area (Å²) < 4.78 is 0. The van der Waals surface area contributed by atoms with Gasteiger partial charge >= 0.3 is 5.97 Å². The van der Waals surface area contributed by atoms with Crippen LogP contribution in [-0.2, 0) is 4.79 Å². The number of carboxylic acid groups (broad SMARTS) is 1. The van der Waals surface area contributed by atoms with Crippen LogP contribution in [0.3, 0.4) is 0 Å². The zero-order chi connectivity index (χ0) is 11.3. The third-order valence-electron chi connectivity index (χ3n) is 2.73. The van der Waals surface area contributed by atoms with Crippen LogP contribution < -0.4 is 0 Å². The van der Waals surface area contributed by atoms with Gasteiger partial charge < -0.3 is 5.11 Å². The second kappa shape index (κ2) is 6.08. The summed E-state index contributed by atoms with van der Waals surface area (Å²) in [6.07, 6.45) is 2.28. The molecule has 0 amide bonds. The zero-order valence-corrected chi connectivity index (χ0v) is 9.78. The number of rotatable bonds is 5. The van der Waals surface area contributed by atoms with Crippen molar-refractivity contribution in [3.63, 3.8) is 0 Å². The first-order valence-corrected chi connectivity index (χ1v) is 5.74. The Balaban J connectivity index is 2.25. The average Bonchev–Trinajstić information content (AvgIpc) is 2.14. The van der Waals surface area contributed by atoms with Gasteiger partial charge in [0.1, 0.15) is 0 Å². The number of carbonyl (C=O) groups is 1. The molecule has 0 radical (unpaired) electrons. The van der Waals surface area contributed by atoms with Crippen molar-refractivity contribution < 1.29 is 9.90 Å². The third kappa shape index (κ3) is 5.14. The van der Waals surface area contributed by atoms with Gasteiger partial charge in [0.05, 0.1) is 13.2 Å². The average molecular weight is 214 g/mol. The topological polar surface area (TPSA) is 43.8 Å². The van der Waals surface area contributed by atoms with Gasteiger partial charge in [0.25, 0.3) is 0 Å². The molecule has 1 heterocycles. The van der Waals surface area contributed by atoms with E-state index >= 15 is 0 Å². The van der Waals surface area contributed by atoms with E-state index in [0.717, 1.165) is 38.6 Å². The Morgan fingerprint density at radius 3 is 2.60 bits per heavy atom. The lowest BCUT2D eigenvalue weighted by Crippen LogP contribution is -2.47. The molecule has 0 aromatic rings. The van der Waals surface area contributed by atoms with Crippen LogP contribution >= 0.6 is 0 Å². The molecule has 0 atom stereocenters. The largest absolute Gasteiger partial charge is 0.480 e. The molecule has 0 unspecified atom stereocenters. The fraction of sp³-hybridized carbons (Fsp3) is 0.909. The molecule has 1 saturated heterocycles. The first kappa shape index (κ1) is 12.5. The highest BCUT2D eigenvalue weighted by molar-refractivity contribution is 5.69. The Bertz CT molecular complexity index is 207. The van der Waals surface area contributed by atoms with Crippen molar-refractivity contribution in [2.24, 2.45) is 5.92 Å². The minimum Gasteiger partial charge on any atom is -0.480 e. The van der Waals surface area contributed by atoms with Crippen LogP contribution in [0.1, 0.15) is 26.7 Å². The van der Waals surface area contributed by atoms with Gasteiger partial charge in [-0.1, -0.05) is 13.8 Å². The summed E-state index contributed by atoms with van der Waals surface area (Å²) in [4.78, 5) is 14.9. The van der Waals surface area contributed by atoms with Crippen molar-refractivity contribution in [2.45, 2.75) is 26.7 Å². The van der Waals surface area contributed by atoms with Crippen molar-refractivity contribution >= 4 is 5.97 Å². The molecule has 0 saturated carbocycles. The molecular weight excluding hydrogens is 192 g/mol. The maximum absolute atomic E-state index is 10.6. The van der Waals surface area contributed by atoms with Crippen LogP contribution in [0.15, 0.2) is 0 Å². The molecule has 4 nitrogen and oxygen atoms in total. The van der Waals surface area contributed by atoms with Crippen LogP contribution in [0, 0.1) is 5.92 Å². The summed E-state index contributed by atoms with van der Waals surface area (Å²) in [5.41, 5.74) is 0. The molecule has 88 valence electrons. The highest BCUT2D eigenvalue weighted by Crippen LogP contribution is 2.08. The van der Waals surface area contributed by atoms with Crippen LogP contribution in [0.4, 0.5) is 0 Å². The van der Waals surface area contributed by atoms with Gasteiger partial charge in [0.2, 0.25) is 0 Å². The van der Waals surface area contributed by atoms with Gasteiger partial charge in [-0.15, -0.1) is 0 Å². The number of hydrogen-bond donors (Lipinski definition) is 1. The molecule has 1 aliphatic heterocycles. The van der Waals surface area contributed by atoms with Gasteiger partial charge in [0, 0.05) is 13.1 Å². The maximum Gasteiger partial charge on any atom is 0.317 e. The molecule has 4 heteroatoms.